The molecule has 0 saturated heterocycles. The van der Waals surface area contributed by atoms with Crippen LogP contribution in [0.15, 0.2) is 29.6 Å². The molecule has 1 amide bonds. The van der Waals surface area contributed by atoms with Gasteiger partial charge in [0.25, 0.3) is 0 Å². The number of hydrazine groups is 1. The molecule has 25 heavy (non-hydrogen) atoms. The first kappa shape index (κ1) is 19.2. The van der Waals surface area contributed by atoms with E-state index in [4.69, 9.17) is 4.74 Å². The molecule has 0 aliphatic heterocycles. The second kappa shape index (κ2) is 10.7. The normalized spacial score (nSPS) is 10.5. The van der Waals surface area contributed by atoms with Crippen LogP contribution in [0.3, 0.4) is 0 Å². The van der Waals surface area contributed by atoms with Crippen molar-refractivity contribution >= 4 is 22.4 Å². The van der Waals surface area contributed by atoms with E-state index in [1.807, 2.05) is 29.6 Å². The molecule has 1 aromatic carbocycles. The van der Waals surface area contributed by atoms with Crippen molar-refractivity contribution in [2.75, 3.05) is 12.5 Å². The molecule has 5 nitrogen and oxygen atoms in total. The fourth-order valence-corrected chi connectivity index (χ4v) is 3.15. The summed E-state index contributed by atoms with van der Waals surface area (Å²) in [6.07, 6.45) is 7.62. The Morgan fingerprint density at radius 3 is 2.56 bits per heavy atom. The quantitative estimate of drug-likeness (QED) is 0.436. The number of aromatic nitrogens is 1. The summed E-state index contributed by atoms with van der Waals surface area (Å²) in [6, 6.07) is 7.75. The number of hydrogen-bond donors (Lipinski definition) is 2. The van der Waals surface area contributed by atoms with Crippen molar-refractivity contribution in [3.63, 3.8) is 0 Å². The molecule has 2 rings (SSSR count). The van der Waals surface area contributed by atoms with Crippen molar-refractivity contribution in [1.82, 2.24) is 10.4 Å². The van der Waals surface area contributed by atoms with Crippen LogP contribution in [0.4, 0.5) is 5.13 Å². The number of unbranched alkanes of at least 4 members (excludes halogenated alkanes) is 5. The highest BCUT2D eigenvalue weighted by Gasteiger charge is 2.06. The number of benzene rings is 1. The number of methoxy groups -OCH3 is 1. The molecule has 0 radical (unpaired) electrons. The van der Waals surface area contributed by atoms with Crippen LogP contribution in [0.25, 0.3) is 11.3 Å². The Morgan fingerprint density at radius 1 is 1.12 bits per heavy atom. The third-order valence-corrected chi connectivity index (χ3v) is 4.71. The van der Waals surface area contributed by atoms with E-state index in [1.165, 1.54) is 37.0 Å². The lowest BCUT2D eigenvalue weighted by Gasteiger charge is -2.05. The largest absolute Gasteiger partial charge is 0.497 e. The van der Waals surface area contributed by atoms with Gasteiger partial charge < -0.3 is 4.74 Å². The molecule has 0 fully saturated rings. The van der Waals surface area contributed by atoms with Crippen molar-refractivity contribution in [2.24, 2.45) is 0 Å². The smallest absolute Gasteiger partial charge is 0.238 e. The van der Waals surface area contributed by atoms with Crippen LogP contribution in [0, 0.1) is 0 Å². The third kappa shape index (κ3) is 6.74. The average Bonchev–Trinajstić information content (AvgIpc) is 3.12. The molecule has 2 N–H and O–H groups in total. The summed E-state index contributed by atoms with van der Waals surface area (Å²) in [5.74, 6) is 0.830. The molecular weight excluding hydrogens is 334 g/mol. The fraction of sp³-hybridized carbons (Fsp3) is 0.474. The minimum absolute atomic E-state index is 0.0108. The van der Waals surface area contributed by atoms with Gasteiger partial charge in [-0.3, -0.25) is 15.6 Å². The Labute approximate surface area is 153 Å². The summed E-state index contributed by atoms with van der Waals surface area (Å²) in [5.41, 5.74) is 7.52. The first-order chi connectivity index (χ1) is 12.2. The van der Waals surface area contributed by atoms with E-state index in [0.717, 1.165) is 29.8 Å². The zero-order valence-corrected chi connectivity index (χ0v) is 15.8. The molecule has 0 saturated carbocycles. The van der Waals surface area contributed by atoms with E-state index in [2.05, 4.69) is 22.8 Å². The average molecular weight is 362 g/mol. The maximum atomic E-state index is 11.8. The van der Waals surface area contributed by atoms with Crippen LogP contribution >= 0.6 is 11.3 Å². The Balaban J connectivity index is 1.71. The highest BCUT2D eigenvalue weighted by atomic mass is 32.1. The van der Waals surface area contributed by atoms with Crippen LogP contribution in [0.2, 0.25) is 0 Å². The number of carbonyl (C=O) groups is 1. The standard InChI is InChI=1S/C19H27N3O2S/c1-3-4-5-6-7-8-9-18(23)21-22-19-20-17(14-25-19)15-10-12-16(24-2)13-11-15/h10-14H,3-9H2,1-2H3,(H,20,22)(H,21,23). The number of nitrogens with zero attached hydrogens (tertiary/aromatic N) is 1. The molecule has 0 aliphatic rings. The van der Waals surface area contributed by atoms with Gasteiger partial charge >= 0.3 is 0 Å². The molecule has 6 heteroatoms. The summed E-state index contributed by atoms with van der Waals surface area (Å²) in [5, 5.41) is 2.64. The molecule has 2 aromatic rings. The van der Waals surface area contributed by atoms with E-state index < -0.39 is 0 Å². The van der Waals surface area contributed by atoms with E-state index in [1.54, 1.807) is 7.11 Å². The Morgan fingerprint density at radius 2 is 1.84 bits per heavy atom. The molecule has 136 valence electrons. The van der Waals surface area contributed by atoms with E-state index >= 15 is 0 Å². The lowest BCUT2D eigenvalue weighted by molar-refractivity contribution is -0.120. The summed E-state index contributed by atoms with van der Waals surface area (Å²) < 4.78 is 5.16. The van der Waals surface area contributed by atoms with Crippen molar-refractivity contribution in [3.05, 3.63) is 29.6 Å². The van der Waals surface area contributed by atoms with Crippen LogP contribution < -0.4 is 15.6 Å². The van der Waals surface area contributed by atoms with Crippen molar-refractivity contribution < 1.29 is 9.53 Å². The maximum absolute atomic E-state index is 11.8. The Bertz CT molecular complexity index is 640. The fourth-order valence-electron chi connectivity index (χ4n) is 2.48. The number of rotatable bonds is 11. The highest BCUT2D eigenvalue weighted by Crippen LogP contribution is 2.26. The lowest BCUT2D eigenvalue weighted by Crippen LogP contribution is -2.28. The zero-order valence-electron chi connectivity index (χ0n) is 15.0. The summed E-state index contributed by atoms with van der Waals surface area (Å²) >= 11 is 1.47. The molecule has 1 aromatic heterocycles. The van der Waals surface area contributed by atoms with Gasteiger partial charge in [-0.15, -0.1) is 11.3 Å². The number of amides is 1. The summed E-state index contributed by atoms with van der Waals surface area (Å²) in [7, 11) is 1.65. The number of thiazole rings is 1. The van der Waals surface area contributed by atoms with E-state index in [-0.39, 0.29) is 5.91 Å². The number of nitrogens with one attached hydrogen (secondary N) is 2. The van der Waals surface area contributed by atoms with Crippen molar-refractivity contribution in [3.8, 4) is 17.0 Å². The molecule has 0 atom stereocenters. The molecule has 0 aliphatic carbocycles. The van der Waals surface area contributed by atoms with Gasteiger partial charge in [0.05, 0.1) is 12.8 Å². The number of carbonyl (C=O) groups excluding carboxylic acids is 1. The Hall–Kier alpha value is -2.08. The van der Waals surface area contributed by atoms with Crippen LogP contribution in [0.5, 0.6) is 5.75 Å². The van der Waals surface area contributed by atoms with Gasteiger partial charge in [0.2, 0.25) is 11.0 Å². The van der Waals surface area contributed by atoms with Crippen LogP contribution in [0.1, 0.15) is 51.9 Å². The Kier molecular flexibility index (Phi) is 8.25. The molecule has 0 unspecified atom stereocenters. The van der Waals surface area contributed by atoms with Gasteiger partial charge in [0.15, 0.2) is 0 Å². The minimum Gasteiger partial charge on any atom is -0.497 e. The van der Waals surface area contributed by atoms with Crippen molar-refractivity contribution in [2.45, 2.75) is 51.9 Å². The maximum Gasteiger partial charge on any atom is 0.238 e. The monoisotopic (exact) mass is 361 g/mol. The first-order valence-electron chi connectivity index (χ1n) is 8.87. The highest BCUT2D eigenvalue weighted by molar-refractivity contribution is 7.14. The number of anilines is 1. The third-order valence-electron chi connectivity index (χ3n) is 3.96. The summed E-state index contributed by atoms with van der Waals surface area (Å²) in [6.45, 7) is 2.21. The molecule has 0 spiro atoms. The van der Waals surface area contributed by atoms with Crippen LogP contribution in [-0.4, -0.2) is 18.0 Å². The van der Waals surface area contributed by atoms with Gasteiger partial charge in [0.1, 0.15) is 5.75 Å². The predicted octanol–water partition coefficient (Wildman–Crippen LogP) is 5.01. The molecule has 1 heterocycles. The summed E-state index contributed by atoms with van der Waals surface area (Å²) in [4.78, 5) is 16.3. The van der Waals surface area contributed by atoms with E-state index in [0.29, 0.717) is 11.6 Å². The number of hydrogen-bond acceptors (Lipinski definition) is 5. The second-order valence-corrected chi connectivity index (χ2v) is 6.82. The van der Waals surface area contributed by atoms with Gasteiger partial charge in [-0.25, -0.2) is 4.98 Å². The second-order valence-electron chi connectivity index (χ2n) is 5.96. The number of ether oxygens (including phenoxy) is 1. The molecule has 0 bridgehead atoms. The van der Waals surface area contributed by atoms with Gasteiger partial charge in [-0.2, -0.15) is 0 Å². The topological polar surface area (TPSA) is 63.2 Å². The minimum atomic E-state index is 0.0108. The predicted molar refractivity (Wildman–Crippen MR) is 104 cm³/mol. The van der Waals surface area contributed by atoms with Gasteiger partial charge in [-0.05, 0) is 30.7 Å². The van der Waals surface area contributed by atoms with Crippen molar-refractivity contribution in [1.29, 1.82) is 0 Å². The molecular formula is C19H27N3O2S. The lowest BCUT2D eigenvalue weighted by atomic mass is 10.1. The van der Waals surface area contributed by atoms with Crippen LogP contribution in [-0.2, 0) is 4.79 Å². The zero-order chi connectivity index (χ0) is 17.9. The SMILES string of the molecule is CCCCCCCCC(=O)NNc1nc(-c2ccc(OC)cc2)cs1. The van der Waals surface area contributed by atoms with Gasteiger partial charge in [0, 0.05) is 17.4 Å². The van der Waals surface area contributed by atoms with Gasteiger partial charge in [-0.1, -0.05) is 39.0 Å². The van der Waals surface area contributed by atoms with E-state index in [9.17, 15) is 4.79 Å². The first-order valence-corrected chi connectivity index (χ1v) is 9.75.